The molecule has 122 valence electrons. The van der Waals surface area contributed by atoms with Gasteiger partial charge in [0.05, 0.1) is 11.8 Å². The molecule has 2 aliphatic rings. The number of hydrogen-bond donors (Lipinski definition) is 0. The van der Waals surface area contributed by atoms with Crippen molar-refractivity contribution in [3.8, 4) is 0 Å². The number of nitrogens with zero attached hydrogens (tertiary/aromatic N) is 4. The smallest absolute Gasteiger partial charge is 0.280 e. The van der Waals surface area contributed by atoms with Gasteiger partial charge in [0.1, 0.15) is 5.69 Å². The highest BCUT2D eigenvalue weighted by Gasteiger charge is 2.42. The molecule has 1 aromatic rings. The first kappa shape index (κ1) is 15.4. The summed E-state index contributed by atoms with van der Waals surface area (Å²) in [6, 6.07) is 0. The van der Waals surface area contributed by atoms with E-state index in [1.165, 1.54) is 13.2 Å². The number of carbonyl (C=O) groups is 1. The molecule has 0 aromatic carbocycles. The largest absolute Gasteiger partial charge is 0.338 e. The minimum atomic E-state index is -2.69. The summed E-state index contributed by atoms with van der Waals surface area (Å²) in [5.41, 5.74) is -0.107. The van der Waals surface area contributed by atoms with Crippen molar-refractivity contribution in [1.82, 2.24) is 19.6 Å². The highest BCUT2D eigenvalue weighted by atomic mass is 19.3. The standard InChI is InChI=1S/C15H22F2N4O/c1-19-7-5-15(9-19)4-3-6-21(10-15)14(22)11-8-18-20(2)12(11)13(16)17/h8,13H,3-7,9-10H2,1-2H3. The van der Waals surface area contributed by atoms with Gasteiger partial charge in [-0.1, -0.05) is 0 Å². The fraction of sp³-hybridized carbons (Fsp3) is 0.733. The molecule has 3 heterocycles. The van der Waals surface area contributed by atoms with Crippen LogP contribution in [-0.2, 0) is 7.05 Å². The van der Waals surface area contributed by atoms with E-state index in [0.29, 0.717) is 13.1 Å². The molecule has 7 heteroatoms. The molecule has 1 atom stereocenters. The number of rotatable bonds is 2. The van der Waals surface area contributed by atoms with Gasteiger partial charge in [0.2, 0.25) is 0 Å². The Morgan fingerprint density at radius 3 is 2.68 bits per heavy atom. The number of hydrogen-bond acceptors (Lipinski definition) is 3. The summed E-state index contributed by atoms with van der Waals surface area (Å²) in [6.45, 7) is 3.32. The topological polar surface area (TPSA) is 41.4 Å². The SMILES string of the molecule is CN1CCC2(CCCN(C(=O)c3cnn(C)c3C(F)F)C2)C1. The Morgan fingerprint density at radius 2 is 2.05 bits per heavy atom. The number of piperidine rings is 1. The van der Waals surface area contributed by atoms with Gasteiger partial charge in [-0.15, -0.1) is 0 Å². The van der Waals surface area contributed by atoms with Crippen LogP contribution in [0, 0.1) is 5.41 Å². The quantitative estimate of drug-likeness (QED) is 0.838. The molecule has 22 heavy (non-hydrogen) atoms. The van der Waals surface area contributed by atoms with Crippen LogP contribution in [0.3, 0.4) is 0 Å². The van der Waals surface area contributed by atoms with Crippen molar-refractivity contribution in [2.45, 2.75) is 25.7 Å². The van der Waals surface area contributed by atoms with E-state index < -0.39 is 6.43 Å². The van der Waals surface area contributed by atoms with Crippen LogP contribution in [0.15, 0.2) is 6.20 Å². The zero-order valence-corrected chi connectivity index (χ0v) is 13.1. The van der Waals surface area contributed by atoms with Crippen molar-refractivity contribution in [2.24, 2.45) is 12.5 Å². The van der Waals surface area contributed by atoms with Crippen molar-refractivity contribution in [1.29, 1.82) is 0 Å². The van der Waals surface area contributed by atoms with Crippen LogP contribution in [0.2, 0.25) is 0 Å². The highest BCUT2D eigenvalue weighted by Crippen LogP contribution is 2.39. The summed E-state index contributed by atoms with van der Waals surface area (Å²) in [6.07, 6.45) is 1.69. The monoisotopic (exact) mass is 312 g/mol. The molecule has 2 saturated heterocycles. The number of aromatic nitrogens is 2. The Balaban J connectivity index is 1.81. The van der Waals surface area contributed by atoms with Gasteiger partial charge in [0.15, 0.2) is 0 Å². The fourth-order valence-corrected chi connectivity index (χ4v) is 3.91. The maximum atomic E-state index is 13.2. The van der Waals surface area contributed by atoms with Crippen LogP contribution in [0.5, 0.6) is 0 Å². The van der Waals surface area contributed by atoms with Gasteiger partial charge < -0.3 is 9.80 Å². The van der Waals surface area contributed by atoms with Gasteiger partial charge in [0, 0.05) is 32.1 Å². The van der Waals surface area contributed by atoms with E-state index in [9.17, 15) is 13.6 Å². The molecule has 1 spiro atoms. The maximum Gasteiger partial charge on any atom is 0.280 e. The molecule has 1 unspecified atom stereocenters. The summed E-state index contributed by atoms with van der Waals surface area (Å²) in [4.78, 5) is 16.7. The van der Waals surface area contributed by atoms with E-state index >= 15 is 0 Å². The number of carbonyl (C=O) groups excluding carboxylic acids is 1. The minimum Gasteiger partial charge on any atom is -0.338 e. The van der Waals surface area contributed by atoms with Crippen LogP contribution < -0.4 is 0 Å². The molecule has 1 aromatic heterocycles. The van der Waals surface area contributed by atoms with Crippen LogP contribution >= 0.6 is 0 Å². The van der Waals surface area contributed by atoms with Crippen LogP contribution in [0.25, 0.3) is 0 Å². The summed E-state index contributed by atoms with van der Waals surface area (Å²) in [5.74, 6) is -0.308. The minimum absolute atomic E-state index is 0.0425. The number of aryl methyl sites for hydroxylation is 1. The first-order valence-corrected chi connectivity index (χ1v) is 7.70. The Labute approximate surface area is 128 Å². The molecule has 2 aliphatic heterocycles. The van der Waals surface area contributed by atoms with E-state index in [0.717, 1.165) is 37.0 Å². The van der Waals surface area contributed by atoms with E-state index in [1.807, 2.05) is 0 Å². The Bertz CT molecular complexity index is 570. The molecule has 0 bridgehead atoms. The highest BCUT2D eigenvalue weighted by molar-refractivity contribution is 5.95. The zero-order chi connectivity index (χ0) is 15.9. The summed E-state index contributed by atoms with van der Waals surface area (Å²) in [7, 11) is 3.54. The molecule has 0 saturated carbocycles. The lowest BCUT2D eigenvalue weighted by Gasteiger charge is -2.40. The molecule has 2 fully saturated rings. The van der Waals surface area contributed by atoms with Gasteiger partial charge >= 0.3 is 0 Å². The van der Waals surface area contributed by atoms with E-state index in [1.54, 1.807) is 4.90 Å². The lowest BCUT2D eigenvalue weighted by molar-refractivity contribution is 0.0524. The maximum absolute atomic E-state index is 13.2. The molecule has 0 radical (unpaired) electrons. The number of amides is 1. The molecule has 0 aliphatic carbocycles. The lowest BCUT2D eigenvalue weighted by atomic mass is 9.79. The van der Waals surface area contributed by atoms with Crippen molar-refractivity contribution in [2.75, 3.05) is 33.2 Å². The van der Waals surface area contributed by atoms with Crippen LogP contribution in [-0.4, -0.2) is 58.7 Å². The summed E-state index contributed by atoms with van der Waals surface area (Å²) < 4.78 is 27.4. The molecular formula is C15H22F2N4O. The predicted molar refractivity (Wildman–Crippen MR) is 77.8 cm³/mol. The van der Waals surface area contributed by atoms with Gasteiger partial charge in [0.25, 0.3) is 12.3 Å². The Kier molecular flexibility index (Phi) is 3.92. The second kappa shape index (κ2) is 5.61. The summed E-state index contributed by atoms with van der Waals surface area (Å²) in [5, 5.41) is 3.84. The number of halogens is 2. The van der Waals surface area contributed by atoms with Gasteiger partial charge in [-0.2, -0.15) is 5.10 Å². The third-order valence-corrected chi connectivity index (χ3v) is 5.00. The average molecular weight is 312 g/mol. The predicted octanol–water partition coefficient (Wildman–Crippen LogP) is 1.92. The fourth-order valence-electron chi connectivity index (χ4n) is 3.91. The third kappa shape index (κ3) is 2.62. The Morgan fingerprint density at radius 1 is 1.27 bits per heavy atom. The second-order valence-corrected chi connectivity index (χ2v) is 6.69. The summed E-state index contributed by atoms with van der Waals surface area (Å²) >= 11 is 0. The normalized spacial score (nSPS) is 26.3. The van der Waals surface area contributed by atoms with Gasteiger partial charge in [-0.05, 0) is 32.9 Å². The second-order valence-electron chi connectivity index (χ2n) is 6.69. The first-order valence-electron chi connectivity index (χ1n) is 7.70. The van der Waals surface area contributed by atoms with Gasteiger partial charge in [-0.25, -0.2) is 8.78 Å². The van der Waals surface area contributed by atoms with Crippen molar-refractivity contribution in [3.63, 3.8) is 0 Å². The van der Waals surface area contributed by atoms with Crippen molar-refractivity contribution >= 4 is 5.91 Å². The molecular weight excluding hydrogens is 290 g/mol. The molecule has 3 rings (SSSR count). The van der Waals surface area contributed by atoms with Gasteiger partial charge in [-0.3, -0.25) is 9.48 Å². The van der Waals surface area contributed by atoms with E-state index in [2.05, 4.69) is 17.0 Å². The van der Waals surface area contributed by atoms with Crippen LogP contribution in [0.1, 0.15) is 41.7 Å². The van der Waals surface area contributed by atoms with E-state index in [-0.39, 0.29) is 22.6 Å². The zero-order valence-electron chi connectivity index (χ0n) is 13.1. The first-order chi connectivity index (χ1) is 10.4. The van der Waals surface area contributed by atoms with E-state index in [4.69, 9.17) is 0 Å². The van der Waals surface area contributed by atoms with Crippen molar-refractivity contribution in [3.05, 3.63) is 17.5 Å². The molecule has 1 amide bonds. The van der Waals surface area contributed by atoms with Crippen molar-refractivity contribution < 1.29 is 13.6 Å². The number of likely N-dealkylation sites (tertiary alicyclic amines) is 2. The lowest BCUT2D eigenvalue weighted by Crippen LogP contribution is -2.47. The molecule has 5 nitrogen and oxygen atoms in total. The van der Waals surface area contributed by atoms with Crippen LogP contribution in [0.4, 0.5) is 8.78 Å². The third-order valence-electron chi connectivity index (χ3n) is 5.00. The number of alkyl halides is 2. The Hall–Kier alpha value is -1.50. The average Bonchev–Trinajstić information content (AvgIpc) is 3.02. The molecule has 0 N–H and O–H groups in total.